The molecule has 1 fully saturated rings. The number of hydrogen-bond donors (Lipinski definition) is 1. The van der Waals surface area contributed by atoms with E-state index in [1.54, 1.807) is 0 Å². The summed E-state index contributed by atoms with van der Waals surface area (Å²) in [6.45, 7) is 2.56. The summed E-state index contributed by atoms with van der Waals surface area (Å²) in [6, 6.07) is 1.48. The highest BCUT2D eigenvalue weighted by Crippen LogP contribution is 2.02. The first-order chi connectivity index (χ1) is 6.79. The quantitative estimate of drug-likeness (QED) is 0.695. The third-order valence-corrected chi connectivity index (χ3v) is 2.10. The molecule has 0 radical (unpaired) electrons. The van der Waals surface area contributed by atoms with Gasteiger partial charge in [0.05, 0.1) is 32.5 Å². The lowest BCUT2D eigenvalue weighted by Crippen LogP contribution is -2.45. The van der Waals surface area contributed by atoms with Crippen molar-refractivity contribution in [1.82, 2.24) is 9.89 Å². The number of aromatic carboxylic acids is 1. The topological polar surface area (TPSA) is 67.6 Å². The summed E-state index contributed by atoms with van der Waals surface area (Å²) in [7, 11) is 0. The van der Waals surface area contributed by atoms with Gasteiger partial charge in [0, 0.05) is 0 Å². The summed E-state index contributed by atoms with van der Waals surface area (Å²) >= 11 is 0. The van der Waals surface area contributed by atoms with E-state index in [0.717, 1.165) is 0 Å². The van der Waals surface area contributed by atoms with Crippen molar-refractivity contribution in [3.05, 3.63) is 18.0 Å². The van der Waals surface area contributed by atoms with Gasteiger partial charge in [0.25, 0.3) is 0 Å². The maximum Gasteiger partial charge on any atom is 0.356 e. The Balaban J connectivity index is 2.21. The molecule has 0 atom stereocenters. The van der Waals surface area contributed by atoms with Crippen molar-refractivity contribution in [2.24, 2.45) is 0 Å². The van der Waals surface area contributed by atoms with Crippen LogP contribution in [0, 0.1) is 0 Å². The summed E-state index contributed by atoms with van der Waals surface area (Å²) in [4.78, 5) is 12.2. The molecule has 1 aliphatic heterocycles. The van der Waals surface area contributed by atoms with Crippen LogP contribution >= 0.6 is 0 Å². The number of ether oxygens (including phenoxy) is 1. The van der Waals surface area contributed by atoms with Gasteiger partial charge < -0.3 is 9.84 Å². The molecule has 0 amide bonds. The molecule has 1 aromatic rings. The van der Waals surface area contributed by atoms with Crippen molar-refractivity contribution in [2.75, 3.05) is 31.3 Å². The lowest BCUT2D eigenvalue weighted by atomic mass is 10.4. The summed E-state index contributed by atoms with van der Waals surface area (Å²) in [6.07, 6.45) is 1.49. The molecule has 6 heteroatoms. The molecular weight excluding hydrogens is 186 g/mol. The zero-order valence-corrected chi connectivity index (χ0v) is 7.59. The number of carboxylic acids is 1. The lowest BCUT2D eigenvalue weighted by molar-refractivity contribution is 0.0673. The van der Waals surface area contributed by atoms with Gasteiger partial charge in [0.2, 0.25) is 0 Å². The fraction of sp³-hybridized carbons (Fsp3) is 0.500. The van der Waals surface area contributed by atoms with E-state index < -0.39 is 5.97 Å². The van der Waals surface area contributed by atoms with Crippen molar-refractivity contribution in [2.45, 2.75) is 0 Å². The summed E-state index contributed by atoms with van der Waals surface area (Å²) in [5.74, 6) is -0.964. The predicted molar refractivity (Wildman–Crippen MR) is 48.0 cm³/mol. The van der Waals surface area contributed by atoms with Crippen molar-refractivity contribution in [3.8, 4) is 0 Å². The molecule has 0 saturated carbocycles. The molecule has 6 nitrogen and oxygen atoms in total. The minimum atomic E-state index is -0.964. The molecule has 0 bridgehead atoms. The molecule has 2 heterocycles. The Kier molecular flexibility index (Phi) is 2.36. The zero-order valence-electron chi connectivity index (χ0n) is 7.59. The fourth-order valence-electron chi connectivity index (χ4n) is 1.42. The van der Waals surface area contributed by atoms with Gasteiger partial charge in [0.15, 0.2) is 5.69 Å². The molecule has 2 rings (SSSR count). The zero-order chi connectivity index (χ0) is 9.97. The number of hydrogen-bond acceptors (Lipinski definition) is 4. The SMILES string of the molecule is O=C(O)c1ccnn1N1CCOCC1. The van der Waals surface area contributed by atoms with Crippen molar-refractivity contribution in [3.63, 3.8) is 0 Å². The highest BCUT2D eigenvalue weighted by atomic mass is 16.5. The van der Waals surface area contributed by atoms with E-state index in [0.29, 0.717) is 26.3 Å². The third-order valence-electron chi connectivity index (χ3n) is 2.10. The minimum absolute atomic E-state index is 0.187. The summed E-state index contributed by atoms with van der Waals surface area (Å²) < 4.78 is 5.17. The highest BCUT2D eigenvalue weighted by molar-refractivity contribution is 5.85. The second-order valence-corrected chi connectivity index (χ2v) is 2.98. The average Bonchev–Trinajstić information content (AvgIpc) is 2.67. The van der Waals surface area contributed by atoms with Gasteiger partial charge in [-0.2, -0.15) is 9.89 Å². The first-order valence-electron chi connectivity index (χ1n) is 4.39. The van der Waals surface area contributed by atoms with Crippen LogP contribution in [0.3, 0.4) is 0 Å². The number of aromatic nitrogens is 2. The van der Waals surface area contributed by atoms with E-state index in [4.69, 9.17) is 9.84 Å². The summed E-state index contributed by atoms with van der Waals surface area (Å²) in [5, 5.41) is 14.7. The van der Waals surface area contributed by atoms with E-state index in [2.05, 4.69) is 5.10 Å². The van der Waals surface area contributed by atoms with Gasteiger partial charge >= 0.3 is 5.97 Å². The second-order valence-electron chi connectivity index (χ2n) is 2.98. The predicted octanol–water partition coefficient (Wildman–Crippen LogP) is -0.451. The lowest BCUT2D eigenvalue weighted by Gasteiger charge is -2.28. The van der Waals surface area contributed by atoms with Crippen LogP contribution in [0.4, 0.5) is 0 Å². The number of morpholine rings is 1. The van der Waals surface area contributed by atoms with Crippen LogP contribution in [0.2, 0.25) is 0 Å². The van der Waals surface area contributed by atoms with Crippen LogP contribution in [-0.4, -0.2) is 47.3 Å². The highest BCUT2D eigenvalue weighted by Gasteiger charge is 2.17. The second kappa shape index (κ2) is 3.67. The van der Waals surface area contributed by atoms with Gasteiger partial charge in [-0.05, 0) is 6.07 Å². The first-order valence-corrected chi connectivity index (χ1v) is 4.39. The van der Waals surface area contributed by atoms with Crippen LogP contribution in [0.5, 0.6) is 0 Å². The Morgan fingerprint density at radius 3 is 2.86 bits per heavy atom. The summed E-state index contributed by atoms with van der Waals surface area (Å²) in [5.41, 5.74) is 0.187. The van der Waals surface area contributed by atoms with E-state index in [1.807, 2.05) is 5.01 Å². The number of nitrogens with zero attached hydrogens (tertiary/aromatic N) is 3. The molecule has 1 aromatic heterocycles. The third kappa shape index (κ3) is 1.56. The van der Waals surface area contributed by atoms with Crippen molar-refractivity contribution < 1.29 is 14.6 Å². The Morgan fingerprint density at radius 2 is 2.21 bits per heavy atom. The molecule has 0 aliphatic carbocycles. The molecule has 0 unspecified atom stereocenters. The molecule has 14 heavy (non-hydrogen) atoms. The van der Waals surface area contributed by atoms with Crippen LogP contribution in [0.1, 0.15) is 10.5 Å². The largest absolute Gasteiger partial charge is 0.476 e. The standard InChI is InChI=1S/C8H11N3O3/c12-8(13)7-1-2-9-11(7)10-3-5-14-6-4-10/h1-2H,3-6H2,(H,12,13). The van der Waals surface area contributed by atoms with Crippen molar-refractivity contribution >= 4 is 5.97 Å². The van der Waals surface area contributed by atoms with E-state index in [1.165, 1.54) is 17.1 Å². The Labute approximate surface area is 80.7 Å². The van der Waals surface area contributed by atoms with E-state index >= 15 is 0 Å². The molecule has 0 spiro atoms. The number of carboxylic acid groups (broad SMARTS) is 1. The van der Waals surface area contributed by atoms with Crippen LogP contribution in [0.15, 0.2) is 12.3 Å². The van der Waals surface area contributed by atoms with E-state index in [-0.39, 0.29) is 5.69 Å². The molecular formula is C8H11N3O3. The first kappa shape index (κ1) is 9.01. The smallest absolute Gasteiger partial charge is 0.356 e. The number of rotatable bonds is 2. The Morgan fingerprint density at radius 1 is 1.50 bits per heavy atom. The molecule has 0 aromatic carbocycles. The maximum absolute atomic E-state index is 10.8. The van der Waals surface area contributed by atoms with Crippen LogP contribution in [-0.2, 0) is 4.74 Å². The Bertz CT molecular complexity index is 330. The normalized spacial score (nSPS) is 17.0. The molecule has 76 valence electrons. The van der Waals surface area contributed by atoms with Gasteiger partial charge in [0.1, 0.15) is 0 Å². The van der Waals surface area contributed by atoms with Crippen LogP contribution in [0.25, 0.3) is 0 Å². The number of carbonyl (C=O) groups is 1. The van der Waals surface area contributed by atoms with E-state index in [9.17, 15) is 4.79 Å². The van der Waals surface area contributed by atoms with Gasteiger partial charge in [-0.3, -0.25) is 5.01 Å². The van der Waals surface area contributed by atoms with Gasteiger partial charge in [-0.1, -0.05) is 0 Å². The monoisotopic (exact) mass is 197 g/mol. The van der Waals surface area contributed by atoms with Gasteiger partial charge in [-0.15, -0.1) is 0 Å². The molecule has 1 aliphatic rings. The van der Waals surface area contributed by atoms with Gasteiger partial charge in [-0.25, -0.2) is 4.79 Å². The average molecular weight is 197 g/mol. The Hall–Kier alpha value is -1.56. The maximum atomic E-state index is 10.8. The van der Waals surface area contributed by atoms with Crippen LogP contribution < -0.4 is 5.01 Å². The molecule has 1 saturated heterocycles. The van der Waals surface area contributed by atoms with Crippen molar-refractivity contribution in [1.29, 1.82) is 0 Å². The minimum Gasteiger partial charge on any atom is -0.476 e. The molecule has 1 N–H and O–H groups in total. The fourth-order valence-corrected chi connectivity index (χ4v) is 1.42.